The molecular weight excluding hydrogens is 490 g/mol. The number of carbonyl (C=O) groups is 1. The molecule has 2 amide bonds. The molecule has 0 radical (unpaired) electrons. The van der Waals surface area contributed by atoms with Crippen molar-refractivity contribution in [3.63, 3.8) is 0 Å². The van der Waals surface area contributed by atoms with Gasteiger partial charge in [-0.3, -0.25) is 9.88 Å². The zero-order valence-electron chi connectivity index (χ0n) is 17.8. The Kier molecular flexibility index (Phi) is 5.48. The van der Waals surface area contributed by atoms with Crippen molar-refractivity contribution < 1.29 is 30.8 Å². The Morgan fingerprint density at radius 3 is 2.66 bits per heavy atom. The maximum absolute atomic E-state index is 13.6. The third-order valence-electron chi connectivity index (χ3n) is 5.84. The van der Waals surface area contributed by atoms with Crippen LogP contribution in [0.3, 0.4) is 0 Å². The molecule has 2 unspecified atom stereocenters. The van der Waals surface area contributed by atoms with E-state index in [1.807, 2.05) is 0 Å². The van der Waals surface area contributed by atoms with E-state index in [1.54, 1.807) is 0 Å². The number of sulfonamides is 1. The summed E-state index contributed by atoms with van der Waals surface area (Å²) in [5.74, 6) is -0.896. The third kappa shape index (κ3) is 4.21. The Morgan fingerprint density at radius 2 is 1.91 bits per heavy atom. The zero-order chi connectivity index (χ0) is 25.0. The fourth-order valence-electron chi connectivity index (χ4n) is 4.20. The Morgan fingerprint density at radius 1 is 1.11 bits per heavy atom. The van der Waals surface area contributed by atoms with Gasteiger partial charge in [0.1, 0.15) is 10.7 Å². The molecule has 0 saturated carbocycles. The second kappa shape index (κ2) is 8.27. The van der Waals surface area contributed by atoms with Gasteiger partial charge in [-0.25, -0.2) is 22.6 Å². The van der Waals surface area contributed by atoms with Crippen LogP contribution in [-0.2, 0) is 16.2 Å². The minimum atomic E-state index is -4.58. The molecule has 5 rings (SSSR count). The molecular formula is C22H17F4N5O3S. The number of nitrogens with one attached hydrogen (secondary N) is 1. The van der Waals surface area contributed by atoms with Gasteiger partial charge in [-0.2, -0.15) is 17.5 Å². The monoisotopic (exact) mass is 507 g/mol. The molecule has 13 heteroatoms. The topological polar surface area (TPSA) is 95.5 Å². The molecule has 8 nitrogen and oxygen atoms in total. The van der Waals surface area contributed by atoms with E-state index in [0.717, 1.165) is 24.4 Å². The molecule has 1 aromatic carbocycles. The van der Waals surface area contributed by atoms with Crippen LogP contribution >= 0.6 is 0 Å². The van der Waals surface area contributed by atoms with Crippen molar-refractivity contribution in [3.8, 4) is 11.3 Å². The summed E-state index contributed by atoms with van der Waals surface area (Å²) in [6.45, 7) is 0.208. The molecule has 2 atom stereocenters. The number of benzene rings is 1. The van der Waals surface area contributed by atoms with Gasteiger partial charge in [0.15, 0.2) is 5.82 Å². The standard InChI is InChI=1S/C22H17F4N5O3S/c23-15-9-16(11-27-10-15)28-21(32)31-17-6-7-30(12-17)35(33,34)19-5-4-18(29-20(19)31)13-2-1-3-14(8-13)22(24,25)26/h1-5,8-11,17H,6-7,12H2,(H,28,32). The minimum Gasteiger partial charge on any atom is -0.306 e. The summed E-state index contributed by atoms with van der Waals surface area (Å²) in [6.07, 6.45) is -2.07. The number of amides is 2. The number of halogens is 4. The van der Waals surface area contributed by atoms with Crippen molar-refractivity contribution in [2.24, 2.45) is 0 Å². The van der Waals surface area contributed by atoms with Gasteiger partial charge in [-0.1, -0.05) is 12.1 Å². The highest BCUT2D eigenvalue weighted by atomic mass is 32.2. The average Bonchev–Trinajstić information content (AvgIpc) is 3.26. The van der Waals surface area contributed by atoms with Crippen molar-refractivity contribution >= 4 is 27.6 Å². The maximum Gasteiger partial charge on any atom is 0.416 e. The lowest BCUT2D eigenvalue weighted by Crippen LogP contribution is -2.44. The van der Waals surface area contributed by atoms with Crippen LogP contribution < -0.4 is 10.2 Å². The molecule has 4 heterocycles. The summed E-state index contributed by atoms with van der Waals surface area (Å²) in [4.78, 5) is 22.2. The highest BCUT2D eigenvalue weighted by Crippen LogP contribution is 2.38. The van der Waals surface area contributed by atoms with Gasteiger partial charge < -0.3 is 5.32 Å². The summed E-state index contributed by atoms with van der Waals surface area (Å²) in [5.41, 5.74) is -0.683. The molecule has 2 aromatic heterocycles. The number of aromatic nitrogens is 2. The van der Waals surface area contributed by atoms with Gasteiger partial charge in [0.25, 0.3) is 0 Å². The first-order valence-corrected chi connectivity index (χ1v) is 11.9. The normalized spacial score (nSPS) is 20.7. The van der Waals surface area contributed by atoms with Gasteiger partial charge in [0.2, 0.25) is 10.0 Å². The zero-order valence-corrected chi connectivity index (χ0v) is 18.6. The van der Waals surface area contributed by atoms with Crippen molar-refractivity contribution in [2.45, 2.75) is 23.5 Å². The second-order valence-electron chi connectivity index (χ2n) is 8.09. The van der Waals surface area contributed by atoms with E-state index in [9.17, 15) is 30.8 Å². The number of hydrogen-bond acceptors (Lipinski definition) is 5. The Hall–Kier alpha value is -3.58. The van der Waals surface area contributed by atoms with E-state index >= 15 is 0 Å². The van der Waals surface area contributed by atoms with Crippen molar-refractivity contribution in [2.75, 3.05) is 23.3 Å². The molecule has 2 bridgehead atoms. The predicted molar refractivity (Wildman–Crippen MR) is 118 cm³/mol. The second-order valence-corrected chi connectivity index (χ2v) is 10.0. The number of pyridine rings is 2. The number of carbonyl (C=O) groups excluding carboxylic acids is 1. The largest absolute Gasteiger partial charge is 0.416 e. The van der Waals surface area contributed by atoms with Crippen LogP contribution in [0.2, 0.25) is 0 Å². The highest BCUT2D eigenvalue weighted by Gasteiger charge is 2.45. The van der Waals surface area contributed by atoms with Crippen molar-refractivity contribution in [1.82, 2.24) is 14.3 Å². The molecule has 0 aliphatic carbocycles. The molecule has 2 aliphatic heterocycles. The van der Waals surface area contributed by atoms with Crippen LogP contribution in [0.4, 0.5) is 33.9 Å². The Balaban J connectivity index is 1.62. The van der Waals surface area contributed by atoms with Crippen LogP contribution in [0.5, 0.6) is 0 Å². The number of alkyl halides is 3. The molecule has 1 fully saturated rings. The summed E-state index contributed by atoms with van der Waals surface area (Å²) < 4.78 is 80.9. The number of nitrogens with zero attached hydrogens (tertiary/aromatic N) is 4. The molecule has 3 aromatic rings. The smallest absolute Gasteiger partial charge is 0.306 e. The molecule has 1 saturated heterocycles. The van der Waals surface area contributed by atoms with E-state index < -0.39 is 39.7 Å². The summed E-state index contributed by atoms with van der Waals surface area (Å²) in [5, 5.41) is 2.50. The van der Waals surface area contributed by atoms with Crippen LogP contribution in [0, 0.1) is 5.82 Å². The first kappa shape index (κ1) is 23.2. The first-order chi connectivity index (χ1) is 16.5. The minimum absolute atomic E-state index is 0.0202. The highest BCUT2D eigenvalue weighted by molar-refractivity contribution is 7.89. The van der Waals surface area contributed by atoms with E-state index in [0.29, 0.717) is 6.42 Å². The summed E-state index contributed by atoms with van der Waals surface area (Å²) in [6, 6.07) is 6.68. The average molecular weight is 507 g/mol. The number of anilines is 2. The molecule has 35 heavy (non-hydrogen) atoms. The SMILES string of the molecule is O=C(Nc1cncc(F)c1)N1c2nc(-c3cccc(C(F)(F)F)c3)ccc2S(=O)(=O)N2CCC1C2. The van der Waals surface area contributed by atoms with Crippen LogP contribution in [0.1, 0.15) is 12.0 Å². The molecule has 2 aliphatic rings. The van der Waals surface area contributed by atoms with Crippen LogP contribution in [0.15, 0.2) is 59.8 Å². The first-order valence-electron chi connectivity index (χ1n) is 10.4. The van der Waals surface area contributed by atoms with Crippen LogP contribution in [0.25, 0.3) is 11.3 Å². The fourth-order valence-corrected chi connectivity index (χ4v) is 5.81. The lowest BCUT2D eigenvalue weighted by atomic mass is 10.1. The Bertz CT molecular complexity index is 1430. The quantitative estimate of drug-likeness (QED) is 0.527. The number of urea groups is 1. The van der Waals surface area contributed by atoms with Crippen molar-refractivity contribution in [1.29, 1.82) is 0 Å². The van der Waals surface area contributed by atoms with Gasteiger partial charge in [0, 0.05) is 24.7 Å². The molecule has 0 spiro atoms. The van der Waals surface area contributed by atoms with Crippen molar-refractivity contribution in [3.05, 3.63) is 66.2 Å². The number of fused-ring (bicyclic) bond motifs is 3. The maximum atomic E-state index is 13.6. The lowest BCUT2D eigenvalue weighted by Gasteiger charge is -2.28. The number of hydrogen-bond donors (Lipinski definition) is 1. The van der Waals surface area contributed by atoms with E-state index in [4.69, 9.17) is 0 Å². The molecule has 1 N–H and O–H groups in total. The fraction of sp³-hybridized carbons (Fsp3) is 0.227. The lowest BCUT2D eigenvalue weighted by molar-refractivity contribution is -0.137. The van der Waals surface area contributed by atoms with Gasteiger partial charge in [-0.15, -0.1) is 0 Å². The van der Waals surface area contributed by atoms with Gasteiger partial charge in [-0.05, 0) is 30.7 Å². The van der Waals surface area contributed by atoms with E-state index in [-0.39, 0.29) is 40.7 Å². The predicted octanol–water partition coefficient (Wildman–Crippen LogP) is 4.12. The third-order valence-corrected chi connectivity index (χ3v) is 7.72. The Labute approximate surface area is 197 Å². The van der Waals surface area contributed by atoms with Gasteiger partial charge in [0.05, 0.1) is 35.4 Å². The van der Waals surface area contributed by atoms with Crippen LogP contribution in [-0.4, -0.2) is 47.9 Å². The molecule has 182 valence electrons. The van der Waals surface area contributed by atoms with Gasteiger partial charge >= 0.3 is 12.2 Å². The summed E-state index contributed by atoms with van der Waals surface area (Å²) in [7, 11) is -4.01. The summed E-state index contributed by atoms with van der Waals surface area (Å²) >= 11 is 0. The van der Waals surface area contributed by atoms with E-state index in [1.165, 1.54) is 39.7 Å². The number of rotatable bonds is 2. The van der Waals surface area contributed by atoms with E-state index in [2.05, 4.69) is 15.3 Å².